The first-order valence-corrected chi connectivity index (χ1v) is 11.4. The van der Waals surface area contributed by atoms with Crippen molar-refractivity contribution in [3.05, 3.63) is 84.4 Å². The number of fused-ring (bicyclic) bond motifs is 1. The Hall–Kier alpha value is -3.87. The topological polar surface area (TPSA) is 51.2 Å². The molecule has 0 radical (unpaired) electrons. The minimum absolute atomic E-state index is 0.213. The van der Waals surface area contributed by atoms with Crippen LogP contribution in [-0.4, -0.2) is 24.1 Å². The minimum Gasteiger partial charge on any atom is -0.466 e. The molecule has 0 atom stereocenters. The summed E-state index contributed by atoms with van der Waals surface area (Å²) in [6.07, 6.45) is -3.41. The van der Waals surface area contributed by atoms with E-state index in [0.717, 1.165) is 40.0 Å². The lowest BCUT2D eigenvalue weighted by Gasteiger charge is -2.13. The number of rotatable bonds is 8. The summed E-state index contributed by atoms with van der Waals surface area (Å²) in [7, 11) is 0. The van der Waals surface area contributed by atoms with Gasteiger partial charge in [0.25, 0.3) is 0 Å². The van der Waals surface area contributed by atoms with E-state index < -0.39 is 11.7 Å². The third-order valence-electron chi connectivity index (χ3n) is 5.60. The summed E-state index contributed by atoms with van der Waals surface area (Å²) >= 11 is 0. The highest BCUT2D eigenvalue weighted by Gasteiger charge is 2.30. The number of hydrogen-bond acceptors (Lipinski definition) is 4. The van der Waals surface area contributed by atoms with Crippen molar-refractivity contribution in [2.24, 2.45) is 0 Å². The molecule has 4 rings (SSSR count). The van der Waals surface area contributed by atoms with Gasteiger partial charge in [0.15, 0.2) is 0 Å². The lowest BCUT2D eigenvalue weighted by Crippen LogP contribution is -2.08. The number of pyridine rings is 1. The maximum atomic E-state index is 13.1. The van der Waals surface area contributed by atoms with Crippen molar-refractivity contribution in [3.8, 4) is 22.4 Å². The van der Waals surface area contributed by atoms with E-state index in [9.17, 15) is 18.0 Å². The van der Waals surface area contributed by atoms with Gasteiger partial charge in [-0.15, -0.1) is 0 Å². The Labute approximate surface area is 201 Å². The average molecular weight is 479 g/mol. The van der Waals surface area contributed by atoms with Crippen LogP contribution in [0.2, 0.25) is 0 Å². The zero-order valence-electron chi connectivity index (χ0n) is 19.2. The number of anilines is 1. The van der Waals surface area contributed by atoms with E-state index in [-0.39, 0.29) is 5.97 Å². The molecule has 0 aliphatic heterocycles. The summed E-state index contributed by atoms with van der Waals surface area (Å²) in [6, 6.07) is 22.3. The Kier molecular flexibility index (Phi) is 7.34. The van der Waals surface area contributed by atoms with Gasteiger partial charge in [0.05, 0.1) is 23.4 Å². The highest BCUT2D eigenvalue weighted by molar-refractivity contribution is 5.93. The van der Waals surface area contributed by atoms with Crippen LogP contribution in [0.15, 0.2) is 78.9 Å². The summed E-state index contributed by atoms with van der Waals surface area (Å²) < 4.78 is 44.2. The van der Waals surface area contributed by atoms with Crippen molar-refractivity contribution in [3.63, 3.8) is 0 Å². The molecule has 1 aromatic heterocycles. The number of benzene rings is 3. The zero-order chi connectivity index (χ0) is 24.8. The molecule has 35 heavy (non-hydrogen) atoms. The van der Waals surface area contributed by atoms with Crippen LogP contribution in [0.5, 0.6) is 0 Å². The number of para-hydroxylation sites is 1. The van der Waals surface area contributed by atoms with Crippen molar-refractivity contribution in [2.45, 2.75) is 25.9 Å². The maximum absolute atomic E-state index is 13.1. The lowest BCUT2D eigenvalue weighted by molar-refractivity contribution is -0.143. The monoisotopic (exact) mass is 478 g/mol. The van der Waals surface area contributed by atoms with E-state index in [1.54, 1.807) is 25.1 Å². The first-order chi connectivity index (χ1) is 16.8. The summed E-state index contributed by atoms with van der Waals surface area (Å²) in [5.41, 5.74) is 3.83. The number of aromatic nitrogens is 1. The van der Waals surface area contributed by atoms with Gasteiger partial charge in [0.1, 0.15) is 0 Å². The summed E-state index contributed by atoms with van der Waals surface area (Å²) in [4.78, 5) is 16.4. The Morgan fingerprint density at radius 1 is 0.914 bits per heavy atom. The first-order valence-electron chi connectivity index (χ1n) is 11.4. The van der Waals surface area contributed by atoms with Crippen molar-refractivity contribution >= 4 is 22.6 Å². The Bertz CT molecular complexity index is 1320. The number of alkyl halides is 3. The zero-order valence-corrected chi connectivity index (χ0v) is 19.2. The molecule has 0 saturated heterocycles. The largest absolute Gasteiger partial charge is 0.466 e. The molecule has 1 heterocycles. The van der Waals surface area contributed by atoms with E-state index in [0.29, 0.717) is 37.1 Å². The predicted molar refractivity (Wildman–Crippen MR) is 132 cm³/mol. The van der Waals surface area contributed by atoms with Crippen LogP contribution in [0.4, 0.5) is 18.9 Å². The molecule has 0 fully saturated rings. The number of carbonyl (C=O) groups excluding carboxylic acids is 1. The van der Waals surface area contributed by atoms with E-state index in [1.165, 1.54) is 6.07 Å². The third kappa shape index (κ3) is 5.98. The Morgan fingerprint density at radius 3 is 2.40 bits per heavy atom. The fourth-order valence-corrected chi connectivity index (χ4v) is 3.87. The first kappa shape index (κ1) is 24.3. The van der Waals surface area contributed by atoms with Gasteiger partial charge in [0.2, 0.25) is 0 Å². The van der Waals surface area contributed by atoms with Crippen molar-refractivity contribution in [1.29, 1.82) is 0 Å². The van der Waals surface area contributed by atoms with Gasteiger partial charge in [-0.3, -0.25) is 4.79 Å². The normalized spacial score (nSPS) is 11.4. The van der Waals surface area contributed by atoms with Crippen LogP contribution in [0.1, 0.15) is 25.3 Å². The molecule has 0 bridgehead atoms. The molecular formula is C28H25F3N2O2. The molecule has 7 heteroatoms. The van der Waals surface area contributed by atoms with Gasteiger partial charge in [-0.05, 0) is 48.7 Å². The number of nitrogens with one attached hydrogen (secondary N) is 1. The van der Waals surface area contributed by atoms with E-state index in [2.05, 4.69) is 5.32 Å². The second-order valence-corrected chi connectivity index (χ2v) is 8.06. The molecule has 0 saturated carbocycles. The van der Waals surface area contributed by atoms with Crippen molar-refractivity contribution in [2.75, 3.05) is 18.5 Å². The van der Waals surface area contributed by atoms with Crippen molar-refractivity contribution in [1.82, 2.24) is 4.98 Å². The minimum atomic E-state index is -4.38. The quantitative estimate of drug-likeness (QED) is 0.213. The van der Waals surface area contributed by atoms with Crippen LogP contribution >= 0.6 is 0 Å². The molecular weight excluding hydrogens is 453 g/mol. The van der Waals surface area contributed by atoms with Gasteiger partial charge in [-0.25, -0.2) is 4.98 Å². The van der Waals surface area contributed by atoms with Gasteiger partial charge in [-0.2, -0.15) is 13.2 Å². The highest BCUT2D eigenvalue weighted by atomic mass is 19.4. The second kappa shape index (κ2) is 10.6. The fourth-order valence-electron chi connectivity index (χ4n) is 3.87. The van der Waals surface area contributed by atoms with E-state index in [4.69, 9.17) is 9.72 Å². The number of carbonyl (C=O) groups is 1. The molecule has 4 aromatic rings. The average Bonchev–Trinajstić information content (AvgIpc) is 2.86. The molecule has 0 aliphatic carbocycles. The van der Waals surface area contributed by atoms with Crippen LogP contribution < -0.4 is 5.32 Å². The molecule has 1 N–H and O–H groups in total. The number of ether oxygens (including phenoxy) is 1. The molecule has 3 aromatic carbocycles. The fraction of sp³-hybridized carbons (Fsp3) is 0.214. The lowest BCUT2D eigenvalue weighted by atomic mass is 10.00. The number of halogens is 3. The SMILES string of the molecule is CCOC(=O)CCCNc1cc(-c2ccc(-c3cccc(C(F)(F)F)c3)cc2)nc2ccccc12. The smallest absolute Gasteiger partial charge is 0.416 e. The predicted octanol–water partition coefficient (Wildman–Crippen LogP) is 7.34. The molecule has 0 amide bonds. The molecule has 0 unspecified atom stereocenters. The standard InChI is InChI=1S/C28H25F3N2O2/c1-2-35-27(34)11-6-16-32-26-18-25(33-24-10-4-3-9-23(24)26)20-14-12-19(13-15-20)21-7-5-8-22(17-21)28(29,30)31/h3-5,7-10,12-15,17-18H,2,6,11,16H2,1H3,(H,32,33). The Morgan fingerprint density at radius 2 is 1.66 bits per heavy atom. The number of esters is 1. The van der Waals surface area contributed by atoms with Gasteiger partial charge in [0, 0.05) is 29.6 Å². The molecule has 4 nitrogen and oxygen atoms in total. The highest BCUT2D eigenvalue weighted by Crippen LogP contribution is 2.33. The number of nitrogens with zero attached hydrogens (tertiary/aromatic N) is 1. The van der Waals surface area contributed by atoms with Gasteiger partial charge >= 0.3 is 12.1 Å². The van der Waals surface area contributed by atoms with Crippen LogP contribution in [-0.2, 0) is 15.7 Å². The molecule has 0 aliphatic rings. The second-order valence-electron chi connectivity index (χ2n) is 8.06. The summed E-state index contributed by atoms with van der Waals surface area (Å²) in [5.74, 6) is -0.213. The van der Waals surface area contributed by atoms with Crippen molar-refractivity contribution < 1.29 is 22.7 Å². The van der Waals surface area contributed by atoms with Crippen LogP contribution in [0, 0.1) is 0 Å². The van der Waals surface area contributed by atoms with Crippen LogP contribution in [0.3, 0.4) is 0 Å². The molecule has 0 spiro atoms. The summed E-state index contributed by atoms with van der Waals surface area (Å²) in [5, 5.41) is 4.36. The number of hydrogen-bond donors (Lipinski definition) is 1. The third-order valence-corrected chi connectivity index (χ3v) is 5.60. The van der Waals surface area contributed by atoms with Gasteiger partial charge in [-0.1, -0.05) is 54.6 Å². The Balaban J connectivity index is 1.57. The van der Waals surface area contributed by atoms with E-state index >= 15 is 0 Å². The van der Waals surface area contributed by atoms with Gasteiger partial charge < -0.3 is 10.1 Å². The summed E-state index contributed by atoms with van der Waals surface area (Å²) in [6.45, 7) is 2.75. The van der Waals surface area contributed by atoms with Crippen LogP contribution in [0.25, 0.3) is 33.3 Å². The van der Waals surface area contributed by atoms with E-state index in [1.807, 2.05) is 42.5 Å². The molecule has 180 valence electrons. The maximum Gasteiger partial charge on any atom is 0.416 e.